The van der Waals surface area contributed by atoms with Crippen molar-refractivity contribution >= 4 is 10.9 Å². The molecule has 0 atom stereocenters. The first kappa shape index (κ1) is 11.8. The lowest BCUT2D eigenvalue weighted by Gasteiger charge is -2.02. The number of aryl methyl sites for hydroxylation is 2. The van der Waals surface area contributed by atoms with Gasteiger partial charge in [-0.2, -0.15) is 0 Å². The van der Waals surface area contributed by atoms with Crippen LogP contribution >= 0.6 is 0 Å². The van der Waals surface area contributed by atoms with Crippen molar-refractivity contribution in [2.75, 3.05) is 6.54 Å². The summed E-state index contributed by atoms with van der Waals surface area (Å²) in [5, 5.41) is 4.84. The number of fused-ring (bicyclic) bond motifs is 2. The van der Waals surface area contributed by atoms with E-state index in [0.29, 0.717) is 0 Å². The van der Waals surface area contributed by atoms with Gasteiger partial charge < -0.3 is 15.6 Å². The van der Waals surface area contributed by atoms with Crippen LogP contribution in [0.3, 0.4) is 0 Å². The summed E-state index contributed by atoms with van der Waals surface area (Å²) in [5.41, 5.74) is 12.8. The highest BCUT2D eigenvalue weighted by Crippen LogP contribution is 2.30. The second-order valence-electron chi connectivity index (χ2n) is 5.26. The number of benzene rings is 1. The van der Waals surface area contributed by atoms with Gasteiger partial charge in [-0.05, 0) is 55.1 Å². The summed E-state index contributed by atoms with van der Waals surface area (Å²) in [5.74, 6) is 0. The molecule has 2 aromatic rings. The van der Waals surface area contributed by atoms with Crippen LogP contribution in [-0.4, -0.2) is 11.1 Å². The third-order valence-electron chi connectivity index (χ3n) is 4.21. The largest absolute Gasteiger partial charge is 0.348 e. The van der Waals surface area contributed by atoms with Crippen molar-refractivity contribution in [1.29, 1.82) is 0 Å². The van der Waals surface area contributed by atoms with Gasteiger partial charge in [0.25, 0.3) is 0 Å². The molecule has 2 heterocycles. The molecule has 3 N–H and O–H groups in total. The van der Waals surface area contributed by atoms with Gasteiger partial charge in [0.15, 0.2) is 0 Å². The number of nitrogens with one attached hydrogen (secondary N) is 1. The van der Waals surface area contributed by atoms with Gasteiger partial charge in [0.2, 0.25) is 0 Å². The topological polar surface area (TPSA) is 43.0 Å². The Morgan fingerprint density at radius 3 is 2.72 bits per heavy atom. The van der Waals surface area contributed by atoms with Crippen LogP contribution in [0.25, 0.3) is 10.9 Å². The molecule has 1 aliphatic rings. The standard InChI is InChI=1S/C15H21N3/c1-10-13(4-3-5-16)14-6-11-8-17-9-12(11)7-15(14)18(10)2/h6-7,17H,3-5,8-9,16H2,1-2H3. The summed E-state index contributed by atoms with van der Waals surface area (Å²) in [6.07, 6.45) is 2.15. The highest BCUT2D eigenvalue weighted by molar-refractivity contribution is 5.87. The molecule has 0 spiro atoms. The molecule has 0 amide bonds. The van der Waals surface area contributed by atoms with Crippen molar-refractivity contribution in [1.82, 2.24) is 9.88 Å². The van der Waals surface area contributed by atoms with Crippen LogP contribution in [0.2, 0.25) is 0 Å². The average molecular weight is 243 g/mol. The molecular formula is C15H21N3. The summed E-state index contributed by atoms with van der Waals surface area (Å²) in [6, 6.07) is 4.73. The van der Waals surface area contributed by atoms with Crippen LogP contribution in [0.1, 0.15) is 28.8 Å². The second kappa shape index (κ2) is 4.41. The Morgan fingerprint density at radius 1 is 1.28 bits per heavy atom. The maximum Gasteiger partial charge on any atom is 0.0486 e. The minimum absolute atomic E-state index is 0.766. The highest BCUT2D eigenvalue weighted by Gasteiger charge is 2.17. The zero-order valence-electron chi connectivity index (χ0n) is 11.2. The fourth-order valence-electron chi connectivity index (χ4n) is 3.03. The molecule has 0 radical (unpaired) electrons. The molecule has 0 saturated carbocycles. The lowest BCUT2D eigenvalue weighted by atomic mass is 10.0. The average Bonchev–Trinajstić information content (AvgIpc) is 2.91. The predicted octanol–water partition coefficient (Wildman–Crippen LogP) is 1.98. The van der Waals surface area contributed by atoms with Crippen LogP contribution < -0.4 is 11.1 Å². The monoisotopic (exact) mass is 243 g/mol. The predicted molar refractivity (Wildman–Crippen MR) is 75.6 cm³/mol. The van der Waals surface area contributed by atoms with Crippen molar-refractivity contribution in [3.05, 3.63) is 34.5 Å². The minimum atomic E-state index is 0.766. The van der Waals surface area contributed by atoms with Gasteiger partial charge >= 0.3 is 0 Å². The highest BCUT2D eigenvalue weighted by atomic mass is 14.9. The molecule has 3 heteroatoms. The number of aromatic nitrogens is 1. The summed E-state index contributed by atoms with van der Waals surface area (Å²) in [4.78, 5) is 0. The van der Waals surface area contributed by atoms with E-state index in [0.717, 1.165) is 32.5 Å². The smallest absolute Gasteiger partial charge is 0.0486 e. The lowest BCUT2D eigenvalue weighted by molar-refractivity contribution is 0.764. The van der Waals surface area contributed by atoms with E-state index in [1.807, 2.05) is 0 Å². The number of rotatable bonds is 3. The first-order valence-electron chi connectivity index (χ1n) is 6.73. The Labute approximate surface area is 108 Å². The Bertz CT molecular complexity index is 596. The van der Waals surface area contributed by atoms with Crippen molar-refractivity contribution < 1.29 is 0 Å². The zero-order chi connectivity index (χ0) is 12.7. The van der Waals surface area contributed by atoms with Gasteiger partial charge in [-0.1, -0.05) is 0 Å². The van der Waals surface area contributed by atoms with E-state index in [4.69, 9.17) is 5.73 Å². The molecular weight excluding hydrogens is 222 g/mol. The molecule has 0 aliphatic carbocycles. The summed E-state index contributed by atoms with van der Waals surface area (Å²) >= 11 is 0. The molecule has 1 aromatic carbocycles. The Morgan fingerprint density at radius 2 is 2.00 bits per heavy atom. The Balaban J connectivity index is 2.19. The third-order valence-corrected chi connectivity index (χ3v) is 4.21. The molecule has 18 heavy (non-hydrogen) atoms. The quantitative estimate of drug-likeness (QED) is 0.865. The fraction of sp³-hybridized carbons (Fsp3) is 0.467. The molecule has 0 unspecified atom stereocenters. The van der Waals surface area contributed by atoms with Crippen LogP contribution in [0.15, 0.2) is 12.1 Å². The number of hydrogen-bond donors (Lipinski definition) is 2. The summed E-state index contributed by atoms with van der Waals surface area (Å²) < 4.78 is 2.32. The van der Waals surface area contributed by atoms with Gasteiger partial charge in [0, 0.05) is 36.7 Å². The van der Waals surface area contributed by atoms with E-state index >= 15 is 0 Å². The van der Waals surface area contributed by atoms with E-state index in [-0.39, 0.29) is 0 Å². The fourth-order valence-corrected chi connectivity index (χ4v) is 3.03. The molecule has 0 bridgehead atoms. The molecule has 1 aliphatic heterocycles. The number of hydrogen-bond acceptors (Lipinski definition) is 2. The maximum atomic E-state index is 5.65. The van der Waals surface area contributed by atoms with Gasteiger partial charge in [-0.25, -0.2) is 0 Å². The SMILES string of the molecule is Cc1c(CCCN)c2cc3c(cc2n1C)CNC3. The summed E-state index contributed by atoms with van der Waals surface area (Å²) in [7, 11) is 2.17. The maximum absolute atomic E-state index is 5.65. The van der Waals surface area contributed by atoms with E-state index in [2.05, 4.69) is 36.0 Å². The Hall–Kier alpha value is -1.32. The zero-order valence-corrected chi connectivity index (χ0v) is 11.2. The van der Waals surface area contributed by atoms with E-state index in [1.165, 1.54) is 33.3 Å². The van der Waals surface area contributed by atoms with E-state index in [9.17, 15) is 0 Å². The van der Waals surface area contributed by atoms with Crippen LogP contribution in [0, 0.1) is 6.92 Å². The molecule has 1 aromatic heterocycles. The molecule has 0 fully saturated rings. The lowest BCUT2D eigenvalue weighted by Crippen LogP contribution is -2.01. The molecule has 96 valence electrons. The van der Waals surface area contributed by atoms with Crippen LogP contribution in [0.5, 0.6) is 0 Å². The normalized spacial score (nSPS) is 14.4. The number of nitrogens with zero attached hydrogens (tertiary/aromatic N) is 1. The van der Waals surface area contributed by atoms with E-state index < -0.39 is 0 Å². The van der Waals surface area contributed by atoms with Crippen LogP contribution in [-0.2, 0) is 26.6 Å². The molecule has 3 nitrogen and oxygen atoms in total. The van der Waals surface area contributed by atoms with Gasteiger partial charge in [0.05, 0.1) is 0 Å². The summed E-state index contributed by atoms with van der Waals surface area (Å²) in [6.45, 7) is 5.00. The van der Waals surface area contributed by atoms with Gasteiger partial charge in [-0.3, -0.25) is 0 Å². The molecule has 3 rings (SSSR count). The second-order valence-corrected chi connectivity index (χ2v) is 5.26. The third kappa shape index (κ3) is 1.66. The minimum Gasteiger partial charge on any atom is -0.348 e. The Kier molecular flexibility index (Phi) is 2.88. The van der Waals surface area contributed by atoms with Gasteiger partial charge in [-0.15, -0.1) is 0 Å². The van der Waals surface area contributed by atoms with Crippen molar-refractivity contribution in [3.63, 3.8) is 0 Å². The van der Waals surface area contributed by atoms with Gasteiger partial charge in [0.1, 0.15) is 0 Å². The van der Waals surface area contributed by atoms with Crippen molar-refractivity contribution in [2.24, 2.45) is 12.8 Å². The first-order chi connectivity index (χ1) is 8.72. The number of nitrogens with two attached hydrogens (primary N) is 1. The van der Waals surface area contributed by atoms with Crippen molar-refractivity contribution in [2.45, 2.75) is 32.9 Å². The van der Waals surface area contributed by atoms with Crippen LogP contribution in [0.4, 0.5) is 0 Å². The van der Waals surface area contributed by atoms with Crippen molar-refractivity contribution in [3.8, 4) is 0 Å². The first-order valence-corrected chi connectivity index (χ1v) is 6.73. The molecule has 0 saturated heterocycles. The van der Waals surface area contributed by atoms with E-state index in [1.54, 1.807) is 0 Å².